The Morgan fingerprint density at radius 3 is 2.14 bits per heavy atom. The molecule has 0 aliphatic heterocycles. The van der Waals surface area contributed by atoms with Gasteiger partial charge in [-0.15, -0.1) is 0 Å². The smallest absolute Gasteiger partial charge is 0.289 e. The molecule has 0 unspecified atom stereocenters. The molecule has 1 amide bonds. The molecule has 0 atom stereocenters. The number of carbonyl (C=O) groups excluding carboxylic acids is 1. The lowest BCUT2D eigenvalue weighted by molar-refractivity contribution is -0.387. The van der Waals surface area contributed by atoms with Crippen molar-refractivity contribution >= 4 is 39.2 Å². The molecular weight excluding hydrogens is 566 g/mol. The summed E-state index contributed by atoms with van der Waals surface area (Å²) in [5.41, 5.74) is 3.15. The first-order valence-electron chi connectivity index (χ1n) is 12.2. The van der Waals surface area contributed by atoms with Gasteiger partial charge in [0.1, 0.15) is 18.9 Å². The van der Waals surface area contributed by atoms with Gasteiger partial charge in [-0.05, 0) is 65.7 Å². The summed E-state index contributed by atoms with van der Waals surface area (Å²) in [6, 6.07) is 25.3. The number of nitro benzene ring substituents is 2. The number of anilines is 1. The number of amides is 1. The highest BCUT2D eigenvalue weighted by Gasteiger charge is 2.33. The van der Waals surface area contributed by atoms with Gasteiger partial charge in [0, 0.05) is 18.2 Å². The second-order valence-corrected chi connectivity index (χ2v) is 10.5. The maximum absolute atomic E-state index is 13.5. The largest absolute Gasteiger partial charge is 0.489 e. The van der Waals surface area contributed by atoms with Crippen molar-refractivity contribution in [3.63, 3.8) is 0 Å². The third kappa shape index (κ3) is 7.31. The van der Waals surface area contributed by atoms with E-state index < -0.39 is 42.9 Å². The van der Waals surface area contributed by atoms with E-state index in [0.717, 1.165) is 22.0 Å². The molecular formula is C28H23N5O8S. The van der Waals surface area contributed by atoms with Gasteiger partial charge in [-0.2, -0.15) is 5.10 Å². The molecule has 13 nitrogen and oxygen atoms in total. The van der Waals surface area contributed by atoms with Crippen LogP contribution in [0.25, 0.3) is 0 Å². The molecule has 4 aromatic rings. The topological polar surface area (TPSA) is 174 Å². The average molecular weight is 590 g/mol. The van der Waals surface area contributed by atoms with Crippen LogP contribution in [0.15, 0.2) is 113 Å². The van der Waals surface area contributed by atoms with Gasteiger partial charge in [-0.3, -0.25) is 29.3 Å². The Hall–Kier alpha value is -5.63. The van der Waals surface area contributed by atoms with E-state index in [2.05, 4.69) is 10.5 Å². The summed E-state index contributed by atoms with van der Waals surface area (Å²) in [7, 11) is -4.50. The zero-order chi connectivity index (χ0) is 30.1. The predicted molar refractivity (Wildman–Crippen MR) is 154 cm³/mol. The second kappa shape index (κ2) is 13.1. The molecule has 42 heavy (non-hydrogen) atoms. The molecule has 0 saturated carbocycles. The predicted octanol–water partition coefficient (Wildman–Crippen LogP) is 4.43. The number of carbonyl (C=O) groups is 1. The first-order valence-corrected chi connectivity index (χ1v) is 13.7. The Morgan fingerprint density at radius 2 is 1.50 bits per heavy atom. The highest BCUT2D eigenvalue weighted by molar-refractivity contribution is 7.93. The Bertz CT molecular complexity index is 1710. The molecule has 14 heteroatoms. The van der Waals surface area contributed by atoms with Crippen molar-refractivity contribution in [3.8, 4) is 5.75 Å². The van der Waals surface area contributed by atoms with Crippen LogP contribution in [0.4, 0.5) is 17.1 Å². The maximum atomic E-state index is 13.5. The van der Waals surface area contributed by atoms with Crippen molar-refractivity contribution in [1.29, 1.82) is 0 Å². The summed E-state index contributed by atoms with van der Waals surface area (Å²) < 4.78 is 33.4. The van der Waals surface area contributed by atoms with E-state index in [9.17, 15) is 33.4 Å². The van der Waals surface area contributed by atoms with E-state index in [-0.39, 0.29) is 18.0 Å². The van der Waals surface area contributed by atoms with Crippen LogP contribution in [0, 0.1) is 20.2 Å². The zero-order valence-electron chi connectivity index (χ0n) is 21.8. The van der Waals surface area contributed by atoms with E-state index in [0.29, 0.717) is 11.3 Å². The van der Waals surface area contributed by atoms with Crippen LogP contribution in [0.3, 0.4) is 0 Å². The van der Waals surface area contributed by atoms with E-state index >= 15 is 0 Å². The molecule has 4 rings (SSSR count). The number of benzene rings is 4. The molecule has 0 aromatic heterocycles. The van der Waals surface area contributed by atoms with Crippen molar-refractivity contribution in [2.45, 2.75) is 11.5 Å². The summed E-state index contributed by atoms with van der Waals surface area (Å²) in [4.78, 5) is 33.1. The number of nitrogens with one attached hydrogen (secondary N) is 1. The van der Waals surface area contributed by atoms with Gasteiger partial charge in [0.15, 0.2) is 4.90 Å². The number of sulfonamides is 1. The number of nitro groups is 2. The number of nitrogens with zero attached hydrogens (tertiary/aromatic N) is 4. The number of hydrogen-bond donors (Lipinski definition) is 1. The van der Waals surface area contributed by atoms with Gasteiger partial charge in [-0.1, -0.05) is 30.3 Å². The lowest BCUT2D eigenvalue weighted by Crippen LogP contribution is -2.39. The fraction of sp³-hybridized carbons (Fsp3) is 0.0714. The third-order valence-electron chi connectivity index (χ3n) is 5.80. The zero-order valence-corrected chi connectivity index (χ0v) is 22.6. The summed E-state index contributed by atoms with van der Waals surface area (Å²) in [5.74, 6) is -0.242. The summed E-state index contributed by atoms with van der Waals surface area (Å²) in [5, 5.41) is 26.1. The number of rotatable bonds is 12. The Kier molecular flexibility index (Phi) is 9.19. The van der Waals surface area contributed by atoms with Gasteiger partial charge >= 0.3 is 0 Å². The number of non-ortho nitro benzene ring substituents is 1. The molecule has 0 heterocycles. The molecule has 1 N–H and O–H groups in total. The van der Waals surface area contributed by atoms with Gasteiger partial charge in [0.2, 0.25) is 0 Å². The molecule has 0 saturated heterocycles. The van der Waals surface area contributed by atoms with Crippen molar-refractivity contribution < 1.29 is 27.8 Å². The van der Waals surface area contributed by atoms with E-state index in [4.69, 9.17) is 4.74 Å². The van der Waals surface area contributed by atoms with Crippen LogP contribution in [0.2, 0.25) is 0 Å². The SMILES string of the molecule is O=C(CN(c1ccccc1)S(=O)(=O)c1ccccc1[N+](=O)[O-])N/N=C\c1ccc(OCc2ccc([N+](=O)[O-])cc2)cc1. The lowest BCUT2D eigenvalue weighted by atomic mass is 10.2. The first-order chi connectivity index (χ1) is 20.1. The fourth-order valence-electron chi connectivity index (χ4n) is 3.73. The van der Waals surface area contributed by atoms with Crippen LogP contribution in [0.1, 0.15) is 11.1 Å². The number of para-hydroxylation sites is 2. The van der Waals surface area contributed by atoms with Crippen molar-refractivity contribution in [1.82, 2.24) is 5.43 Å². The number of hydrogen-bond acceptors (Lipinski definition) is 9. The number of hydrazone groups is 1. The second-order valence-electron chi connectivity index (χ2n) is 8.65. The quantitative estimate of drug-likeness (QED) is 0.143. The van der Waals surface area contributed by atoms with E-state index in [1.165, 1.54) is 42.6 Å². The maximum Gasteiger partial charge on any atom is 0.289 e. The van der Waals surface area contributed by atoms with Gasteiger partial charge < -0.3 is 4.74 Å². The van der Waals surface area contributed by atoms with E-state index in [1.54, 1.807) is 54.6 Å². The Labute approximate surface area is 240 Å². The first kappa shape index (κ1) is 29.4. The summed E-state index contributed by atoms with van der Waals surface area (Å²) in [6.07, 6.45) is 1.35. The van der Waals surface area contributed by atoms with Crippen LogP contribution >= 0.6 is 0 Å². The molecule has 4 aromatic carbocycles. The van der Waals surface area contributed by atoms with Crippen LogP contribution in [-0.4, -0.2) is 36.9 Å². The van der Waals surface area contributed by atoms with E-state index in [1.807, 2.05) is 0 Å². The highest BCUT2D eigenvalue weighted by Crippen LogP contribution is 2.29. The minimum absolute atomic E-state index is 0.0101. The monoisotopic (exact) mass is 589 g/mol. The number of ether oxygens (including phenoxy) is 1. The molecule has 214 valence electrons. The highest BCUT2D eigenvalue weighted by atomic mass is 32.2. The normalized spacial score (nSPS) is 11.1. The van der Waals surface area contributed by atoms with Gasteiger partial charge in [0.25, 0.3) is 27.3 Å². The van der Waals surface area contributed by atoms with Crippen LogP contribution < -0.4 is 14.5 Å². The summed E-state index contributed by atoms with van der Waals surface area (Å²) >= 11 is 0. The van der Waals surface area contributed by atoms with Crippen molar-refractivity contribution in [3.05, 3.63) is 134 Å². The Morgan fingerprint density at radius 1 is 0.857 bits per heavy atom. The molecule has 0 fully saturated rings. The minimum atomic E-state index is -4.50. The van der Waals surface area contributed by atoms with Gasteiger partial charge in [-0.25, -0.2) is 13.8 Å². The molecule has 0 spiro atoms. The van der Waals surface area contributed by atoms with Crippen LogP contribution in [0.5, 0.6) is 5.75 Å². The third-order valence-corrected chi connectivity index (χ3v) is 7.62. The lowest BCUT2D eigenvalue weighted by Gasteiger charge is -2.23. The average Bonchev–Trinajstić information content (AvgIpc) is 3.00. The van der Waals surface area contributed by atoms with Crippen LogP contribution in [-0.2, 0) is 21.4 Å². The summed E-state index contributed by atoms with van der Waals surface area (Å²) in [6.45, 7) is -0.487. The fourth-order valence-corrected chi connectivity index (χ4v) is 5.31. The Balaban J connectivity index is 1.40. The molecule has 0 bridgehead atoms. The van der Waals surface area contributed by atoms with Gasteiger partial charge in [0.05, 0.1) is 21.7 Å². The molecule has 0 radical (unpaired) electrons. The minimum Gasteiger partial charge on any atom is -0.489 e. The molecule has 0 aliphatic carbocycles. The van der Waals surface area contributed by atoms with Crippen molar-refractivity contribution in [2.75, 3.05) is 10.8 Å². The van der Waals surface area contributed by atoms with Crippen molar-refractivity contribution in [2.24, 2.45) is 5.10 Å². The standard InChI is InChI=1S/C28H23N5O8S/c34-28(19-31(23-6-2-1-3-7-23)42(39,40)27-9-5-4-8-26(27)33(37)38)30-29-18-21-12-16-25(17-13-21)41-20-22-10-14-24(15-11-22)32(35)36/h1-18H,19-20H2,(H,30,34)/b29-18-. The molecule has 0 aliphatic rings.